The molecular formula is C8H10N6O3S. The molecule has 0 radical (unpaired) electrons. The molecule has 2 heterocycles. The Labute approximate surface area is 107 Å². The lowest BCUT2D eigenvalue weighted by molar-refractivity contribution is 0.0518. The summed E-state index contributed by atoms with van der Waals surface area (Å²) in [6.07, 6.45) is 0. The molecule has 2 N–H and O–H groups in total. The smallest absolute Gasteiger partial charge is 0.360 e. The normalized spacial score (nSPS) is 10.6. The van der Waals surface area contributed by atoms with Crippen LogP contribution in [-0.4, -0.2) is 37.9 Å². The average molecular weight is 270 g/mol. The first-order valence-corrected chi connectivity index (χ1v) is 5.63. The van der Waals surface area contributed by atoms with Crippen LogP contribution < -0.4 is 5.73 Å². The third-order valence-electron chi connectivity index (χ3n) is 2.08. The summed E-state index contributed by atoms with van der Waals surface area (Å²) in [6, 6.07) is 0. The summed E-state index contributed by atoms with van der Waals surface area (Å²) < 4.78 is 10.6. The minimum absolute atomic E-state index is 0.0401. The summed E-state index contributed by atoms with van der Waals surface area (Å²) in [7, 11) is 0. The van der Waals surface area contributed by atoms with E-state index in [1.54, 1.807) is 6.92 Å². The Bertz CT molecular complexity index is 565. The molecule has 0 fully saturated rings. The lowest BCUT2D eigenvalue weighted by atomic mass is 10.3. The SMILES string of the molecule is CCOC(=O)c1nnn(-c2nonc2N)c1CS. The number of hydrogen-bond donors (Lipinski definition) is 2. The van der Waals surface area contributed by atoms with E-state index in [2.05, 4.69) is 37.9 Å². The Hall–Kier alpha value is -2.10. The molecule has 0 aromatic carbocycles. The topological polar surface area (TPSA) is 122 Å². The van der Waals surface area contributed by atoms with Crippen LogP contribution in [0.3, 0.4) is 0 Å². The number of nitrogens with zero attached hydrogens (tertiary/aromatic N) is 5. The van der Waals surface area contributed by atoms with Gasteiger partial charge in [-0.15, -0.1) is 5.10 Å². The molecule has 0 atom stereocenters. The first-order chi connectivity index (χ1) is 8.69. The number of aromatic nitrogens is 5. The molecule has 0 aliphatic rings. The monoisotopic (exact) mass is 270 g/mol. The maximum absolute atomic E-state index is 11.6. The predicted octanol–water partition coefficient (Wildman–Crippen LogP) is -0.161. The van der Waals surface area contributed by atoms with Crippen LogP contribution >= 0.6 is 12.6 Å². The van der Waals surface area contributed by atoms with E-state index in [9.17, 15) is 4.79 Å². The molecule has 18 heavy (non-hydrogen) atoms. The van der Waals surface area contributed by atoms with Crippen molar-refractivity contribution in [3.05, 3.63) is 11.4 Å². The molecule has 0 saturated carbocycles. The Balaban J connectivity index is 2.45. The number of hydrogen-bond acceptors (Lipinski definition) is 9. The molecule has 0 bridgehead atoms. The number of rotatable bonds is 4. The Morgan fingerprint density at radius 3 is 2.89 bits per heavy atom. The first-order valence-electron chi connectivity index (χ1n) is 5.00. The molecule has 0 aliphatic carbocycles. The highest BCUT2D eigenvalue weighted by Gasteiger charge is 2.23. The number of thiol groups is 1. The zero-order valence-corrected chi connectivity index (χ0v) is 10.3. The second-order valence-corrected chi connectivity index (χ2v) is 3.46. The van der Waals surface area contributed by atoms with Crippen LogP contribution in [0.1, 0.15) is 23.1 Å². The number of esters is 1. The van der Waals surface area contributed by atoms with Gasteiger partial charge in [0.25, 0.3) is 0 Å². The summed E-state index contributed by atoms with van der Waals surface area (Å²) in [5.41, 5.74) is 6.01. The second-order valence-electron chi connectivity index (χ2n) is 3.15. The highest BCUT2D eigenvalue weighted by atomic mass is 32.1. The molecule has 2 rings (SSSR count). The van der Waals surface area contributed by atoms with Crippen molar-refractivity contribution in [3.8, 4) is 5.82 Å². The van der Waals surface area contributed by atoms with Crippen LogP contribution in [0.5, 0.6) is 0 Å². The number of nitrogen functional groups attached to an aromatic ring is 1. The largest absolute Gasteiger partial charge is 0.461 e. The van der Waals surface area contributed by atoms with E-state index in [4.69, 9.17) is 10.5 Å². The number of anilines is 1. The van der Waals surface area contributed by atoms with Crippen molar-refractivity contribution in [2.75, 3.05) is 12.3 Å². The average Bonchev–Trinajstić information content (AvgIpc) is 2.94. The van der Waals surface area contributed by atoms with E-state index >= 15 is 0 Å². The van der Waals surface area contributed by atoms with E-state index in [1.807, 2.05) is 0 Å². The molecule has 0 unspecified atom stereocenters. The zero-order valence-electron chi connectivity index (χ0n) is 9.40. The van der Waals surface area contributed by atoms with E-state index in [0.717, 1.165) is 0 Å². The molecule has 10 heteroatoms. The fourth-order valence-corrected chi connectivity index (χ4v) is 1.59. The summed E-state index contributed by atoms with van der Waals surface area (Å²) in [5.74, 6) is -0.184. The van der Waals surface area contributed by atoms with Gasteiger partial charge in [0.05, 0.1) is 12.3 Å². The summed E-state index contributed by atoms with van der Waals surface area (Å²) in [4.78, 5) is 11.6. The number of carbonyl (C=O) groups is 1. The Morgan fingerprint density at radius 1 is 1.56 bits per heavy atom. The summed E-state index contributed by atoms with van der Waals surface area (Å²) >= 11 is 4.12. The van der Waals surface area contributed by atoms with Crippen LogP contribution in [0.15, 0.2) is 4.63 Å². The van der Waals surface area contributed by atoms with Crippen LogP contribution in [-0.2, 0) is 10.5 Å². The molecule has 9 nitrogen and oxygen atoms in total. The highest BCUT2D eigenvalue weighted by molar-refractivity contribution is 7.79. The van der Waals surface area contributed by atoms with E-state index in [-0.39, 0.29) is 29.7 Å². The standard InChI is InChI=1S/C8H10N6O3S/c1-2-16-8(15)5-4(3-18)14(13-10-5)7-6(9)11-17-12-7/h18H,2-3H2,1H3,(H2,9,11). The van der Waals surface area contributed by atoms with Crippen molar-refractivity contribution in [1.29, 1.82) is 0 Å². The van der Waals surface area contributed by atoms with Gasteiger partial charge in [-0.1, -0.05) is 5.21 Å². The molecule has 0 saturated heterocycles. The summed E-state index contributed by atoms with van der Waals surface area (Å²) in [6.45, 7) is 1.94. The number of carbonyl (C=O) groups excluding carboxylic acids is 1. The maximum atomic E-state index is 11.6. The number of ether oxygens (including phenoxy) is 1. The van der Waals surface area contributed by atoms with Crippen LogP contribution in [0, 0.1) is 0 Å². The van der Waals surface area contributed by atoms with Gasteiger partial charge < -0.3 is 10.5 Å². The lowest BCUT2D eigenvalue weighted by Crippen LogP contribution is -2.10. The molecule has 96 valence electrons. The van der Waals surface area contributed by atoms with Gasteiger partial charge >= 0.3 is 5.97 Å². The van der Waals surface area contributed by atoms with Crippen LogP contribution in [0.4, 0.5) is 5.82 Å². The third kappa shape index (κ3) is 2.01. The molecule has 0 aliphatic heterocycles. The lowest BCUT2D eigenvalue weighted by Gasteiger charge is -2.02. The van der Waals surface area contributed by atoms with Crippen molar-refractivity contribution in [2.24, 2.45) is 0 Å². The van der Waals surface area contributed by atoms with Gasteiger partial charge in [-0.05, 0) is 17.2 Å². The predicted molar refractivity (Wildman–Crippen MR) is 62.3 cm³/mol. The van der Waals surface area contributed by atoms with E-state index in [1.165, 1.54) is 4.68 Å². The fourth-order valence-electron chi connectivity index (χ4n) is 1.31. The highest BCUT2D eigenvalue weighted by Crippen LogP contribution is 2.17. The Morgan fingerprint density at radius 2 is 2.33 bits per heavy atom. The minimum Gasteiger partial charge on any atom is -0.461 e. The quantitative estimate of drug-likeness (QED) is 0.580. The van der Waals surface area contributed by atoms with E-state index in [0.29, 0.717) is 5.69 Å². The van der Waals surface area contributed by atoms with Crippen LogP contribution in [0.2, 0.25) is 0 Å². The van der Waals surface area contributed by atoms with Gasteiger partial charge in [-0.25, -0.2) is 9.42 Å². The first kappa shape index (κ1) is 12.4. The van der Waals surface area contributed by atoms with Gasteiger partial charge in [0, 0.05) is 5.75 Å². The second kappa shape index (κ2) is 5.04. The molecule has 0 amide bonds. The van der Waals surface area contributed by atoms with Crippen molar-refractivity contribution >= 4 is 24.4 Å². The van der Waals surface area contributed by atoms with Gasteiger partial charge in [0.1, 0.15) is 0 Å². The van der Waals surface area contributed by atoms with Gasteiger partial charge in [-0.2, -0.15) is 17.3 Å². The van der Waals surface area contributed by atoms with Gasteiger partial charge in [-0.3, -0.25) is 0 Å². The maximum Gasteiger partial charge on any atom is 0.360 e. The third-order valence-corrected chi connectivity index (χ3v) is 2.38. The van der Waals surface area contributed by atoms with Crippen molar-refractivity contribution in [3.63, 3.8) is 0 Å². The molecule has 2 aromatic rings. The molecular weight excluding hydrogens is 260 g/mol. The summed E-state index contributed by atoms with van der Waals surface area (Å²) in [5, 5.41) is 14.5. The van der Waals surface area contributed by atoms with E-state index < -0.39 is 5.97 Å². The van der Waals surface area contributed by atoms with Crippen molar-refractivity contribution in [1.82, 2.24) is 25.3 Å². The minimum atomic E-state index is -0.581. The van der Waals surface area contributed by atoms with Crippen molar-refractivity contribution < 1.29 is 14.2 Å². The van der Waals surface area contributed by atoms with Crippen molar-refractivity contribution in [2.45, 2.75) is 12.7 Å². The molecule has 0 spiro atoms. The Kier molecular flexibility index (Phi) is 3.46. The van der Waals surface area contributed by atoms with Gasteiger partial charge in [0.2, 0.25) is 11.6 Å². The zero-order chi connectivity index (χ0) is 13.1. The van der Waals surface area contributed by atoms with Crippen LogP contribution in [0.25, 0.3) is 5.82 Å². The number of nitrogens with two attached hydrogens (primary N) is 1. The fraction of sp³-hybridized carbons (Fsp3) is 0.375. The van der Waals surface area contributed by atoms with Gasteiger partial charge in [0.15, 0.2) is 5.69 Å². The molecule has 2 aromatic heterocycles.